The normalized spacial score (nSPS) is 10.5. The first kappa shape index (κ1) is 20.0. The first-order valence-electron chi connectivity index (χ1n) is 9.11. The first-order valence-corrected chi connectivity index (χ1v) is 9.93. The van der Waals surface area contributed by atoms with Crippen LogP contribution in [-0.4, -0.2) is 26.8 Å². The van der Waals surface area contributed by atoms with Gasteiger partial charge in [-0.1, -0.05) is 59.9 Å². The third-order valence-corrected chi connectivity index (χ3v) is 5.31. The summed E-state index contributed by atoms with van der Waals surface area (Å²) in [5.74, 6) is -0.735. The number of nitro groups is 1. The maximum Gasteiger partial charge on any atom is 0.269 e. The van der Waals surface area contributed by atoms with Gasteiger partial charge in [0.1, 0.15) is 5.01 Å². The van der Waals surface area contributed by atoms with Crippen LogP contribution >= 0.6 is 11.3 Å². The molecular formula is C22H14N4O4S. The Hall–Kier alpha value is -4.24. The van der Waals surface area contributed by atoms with Gasteiger partial charge in [-0.15, -0.1) is 10.2 Å². The molecule has 9 heteroatoms. The third-order valence-electron chi connectivity index (χ3n) is 4.42. The lowest BCUT2D eigenvalue weighted by molar-refractivity contribution is -0.384. The van der Waals surface area contributed by atoms with Gasteiger partial charge in [-0.3, -0.25) is 25.0 Å². The summed E-state index contributed by atoms with van der Waals surface area (Å²) in [6.45, 7) is 0. The van der Waals surface area contributed by atoms with Crippen LogP contribution in [0.4, 0.5) is 10.8 Å². The molecule has 3 aromatic carbocycles. The van der Waals surface area contributed by atoms with E-state index in [0.29, 0.717) is 16.1 Å². The Labute approximate surface area is 180 Å². The highest BCUT2D eigenvalue weighted by Crippen LogP contribution is 2.28. The molecule has 0 atom stereocenters. The number of anilines is 1. The van der Waals surface area contributed by atoms with Gasteiger partial charge in [0.25, 0.3) is 11.6 Å². The summed E-state index contributed by atoms with van der Waals surface area (Å²) >= 11 is 1.12. The standard InChI is InChI=1S/C22H14N4O4S/c27-19(14-6-2-1-3-7-14)17-8-4-5-9-18(17)20(28)23-22-25-24-21(31-22)15-10-12-16(13-11-15)26(29)30/h1-13H,(H,23,25,28). The van der Waals surface area contributed by atoms with Gasteiger partial charge in [0.05, 0.1) is 10.5 Å². The predicted molar refractivity (Wildman–Crippen MR) is 116 cm³/mol. The summed E-state index contributed by atoms with van der Waals surface area (Å²) in [4.78, 5) is 36.0. The van der Waals surface area contributed by atoms with Crippen molar-refractivity contribution in [2.24, 2.45) is 0 Å². The van der Waals surface area contributed by atoms with Gasteiger partial charge in [-0.05, 0) is 18.2 Å². The molecule has 1 N–H and O–H groups in total. The molecule has 0 aliphatic rings. The van der Waals surface area contributed by atoms with E-state index in [0.717, 1.165) is 11.3 Å². The minimum absolute atomic E-state index is 0.0264. The average molecular weight is 430 g/mol. The van der Waals surface area contributed by atoms with E-state index >= 15 is 0 Å². The molecule has 4 rings (SSSR count). The fourth-order valence-corrected chi connectivity index (χ4v) is 3.65. The summed E-state index contributed by atoms with van der Waals surface area (Å²) in [7, 11) is 0. The molecule has 0 bridgehead atoms. The summed E-state index contributed by atoms with van der Waals surface area (Å²) in [6, 6.07) is 21.2. The number of nitro benzene ring substituents is 1. The second-order valence-electron chi connectivity index (χ2n) is 6.41. The van der Waals surface area contributed by atoms with Crippen LogP contribution in [0.1, 0.15) is 26.3 Å². The van der Waals surface area contributed by atoms with E-state index in [1.807, 2.05) is 6.07 Å². The molecule has 1 aromatic heterocycles. The summed E-state index contributed by atoms with van der Waals surface area (Å²) in [5.41, 5.74) is 1.61. The minimum Gasteiger partial charge on any atom is -0.296 e. The van der Waals surface area contributed by atoms with Crippen molar-refractivity contribution in [1.29, 1.82) is 0 Å². The van der Waals surface area contributed by atoms with Crippen LogP contribution in [0.25, 0.3) is 10.6 Å². The minimum atomic E-state index is -0.482. The quantitative estimate of drug-likeness (QED) is 0.272. The molecule has 0 unspecified atom stereocenters. The van der Waals surface area contributed by atoms with Crippen molar-refractivity contribution in [3.8, 4) is 10.6 Å². The van der Waals surface area contributed by atoms with E-state index in [2.05, 4.69) is 15.5 Å². The number of amides is 1. The Morgan fingerprint density at radius 1 is 0.839 bits per heavy atom. The Kier molecular flexibility index (Phi) is 5.59. The smallest absolute Gasteiger partial charge is 0.269 e. The molecule has 0 saturated heterocycles. The van der Waals surface area contributed by atoms with Crippen LogP contribution in [0.15, 0.2) is 78.9 Å². The molecule has 0 fully saturated rings. The lowest BCUT2D eigenvalue weighted by Gasteiger charge is -2.08. The topological polar surface area (TPSA) is 115 Å². The van der Waals surface area contributed by atoms with Crippen molar-refractivity contribution in [3.63, 3.8) is 0 Å². The Morgan fingerprint density at radius 2 is 1.48 bits per heavy atom. The maximum absolute atomic E-state index is 12.8. The number of hydrogen-bond acceptors (Lipinski definition) is 7. The second-order valence-corrected chi connectivity index (χ2v) is 7.39. The SMILES string of the molecule is O=C(Nc1nnc(-c2ccc([N+](=O)[O-])cc2)s1)c1ccccc1C(=O)c1ccccc1. The van der Waals surface area contributed by atoms with Gasteiger partial charge in [0.15, 0.2) is 5.78 Å². The maximum atomic E-state index is 12.8. The average Bonchev–Trinajstić information content (AvgIpc) is 3.27. The van der Waals surface area contributed by atoms with Crippen LogP contribution in [-0.2, 0) is 0 Å². The fraction of sp³-hybridized carbons (Fsp3) is 0. The van der Waals surface area contributed by atoms with Crippen LogP contribution in [0, 0.1) is 10.1 Å². The highest BCUT2D eigenvalue weighted by molar-refractivity contribution is 7.18. The van der Waals surface area contributed by atoms with Gasteiger partial charge in [0.2, 0.25) is 5.13 Å². The molecule has 152 valence electrons. The molecule has 4 aromatic rings. The molecular weight excluding hydrogens is 416 g/mol. The van der Waals surface area contributed by atoms with Crippen LogP contribution in [0.5, 0.6) is 0 Å². The number of non-ortho nitro benzene ring substituents is 1. The number of benzene rings is 3. The first-order chi connectivity index (χ1) is 15.0. The van der Waals surface area contributed by atoms with E-state index < -0.39 is 10.8 Å². The largest absolute Gasteiger partial charge is 0.296 e. The number of nitrogens with zero attached hydrogens (tertiary/aromatic N) is 3. The van der Waals surface area contributed by atoms with E-state index in [1.54, 1.807) is 60.7 Å². The second kappa shape index (κ2) is 8.64. The highest BCUT2D eigenvalue weighted by atomic mass is 32.1. The molecule has 8 nitrogen and oxygen atoms in total. The molecule has 1 amide bonds. The van der Waals surface area contributed by atoms with E-state index in [9.17, 15) is 19.7 Å². The van der Waals surface area contributed by atoms with Gasteiger partial charge in [-0.25, -0.2) is 0 Å². The monoisotopic (exact) mass is 430 g/mol. The number of aromatic nitrogens is 2. The lowest BCUT2D eigenvalue weighted by Crippen LogP contribution is -2.16. The van der Waals surface area contributed by atoms with Gasteiger partial charge >= 0.3 is 0 Å². The Bertz CT molecular complexity index is 1270. The van der Waals surface area contributed by atoms with E-state index in [-0.39, 0.29) is 27.7 Å². The number of hydrogen-bond donors (Lipinski definition) is 1. The Morgan fingerprint density at radius 3 is 2.16 bits per heavy atom. The molecule has 0 radical (unpaired) electrons. The summed E-state index contributed by atoms with van der Waals surface area (Å²) in [5, 5.41) is 22.2. The van der Waals surface area contributed by atoms with Gasteiger partial charge in [0, 0.05) is 28.8 Å². The molecule has 31 heavy (non-hydrogen) atoms. The van der Waals surface area contributed by atoms with Crippen LogP contribution in [0.3, 0.4) is 0 Å². The van der Waals surface area contributed by atoms with Gasteiger partial charge < -0.3 is 0 Å². The molecule has 0 spiro atoms. The number of nitrogens with one attached hydrogen (secondary N) is 1. The van der Waals surface area contributed by atoms with Gasteiger partial charge in [-0.2, -0.15) is 0 Å². The summed E-state index contributed by atoms with van der Waals surface area (Å²) in [6.07, 6.45) is 0. The van der Waals surface area contributed by atoms with Crippen molar-refractivity contribution >= 4 is 33.8 Å². The zero-order valence-corrected chi connectivity index (χ0v) is 16.7. The predicted octanol–water partition coefficient (Wildman–Crippen LogP) is 4.60. The number of carbonyl (C=O) groups excluding carboxylic acids is 2. The van der Waals surface area contributed by atoms with Crippen LogP contribution in [0.2, 0.25) is 0 Å². The molecule has 1 heterocycles. The number of rotatable bonds is 6. The van der Waals surface area contributed by atoms with E-state index in [1.165, 1.54) is 12.1 Å². The van der Waals surface area contributed by atoms with Crippen molar-refractivity contribution in [3.05, 3.63) is 106 Å². The third kappa shape index (κ3) is 4.36. The fourth-order valence-electron chi connectivity index (χ4n) is 2.90. The van der Waals surface area contributed by atoms with Crippen LogP contribution < -0.4 is 5.32 Å². The highest BCUT2D eigenvalue weighted by Gasteiger charge is 2.19. The van der Waals surface area contributed by atoms with Crippen molar-refractivity contribution in [1.82, 2.24) is 10.2 Å². The van der Waals surface area contributed by atoms with Crippen molar-refractivity contribution < 1.29 is 14.5 Å². The molecule has 0 aliphatic carbocycles. The lowest BCUT2D eigenvalue weighted by atomic mass is 9.98. The zero-order chi connectivity index (χ0) is 21.8. The molecule has 0 aliphatic heterocycles. The van der Waals surface area contributed by atoms with Crippen molar-refractivity contribution in [2.45, 2.75) is 0 Å². The zero-order valence-electron chi connectivity index (χ0n) is 15.9. The number of ketones is 1. The molecule has 0 saturated carbocycles. The number of carbonyl (C=O) groups is 2. The summed E-state index contributed by atoms with van der Waals surface area (Å²) < 4.78 is 0. The van der Waals surface area contributed by atoms with E-state index in [4.69, 9.17) is 0 Å². The Balaban J connectivity index is 1.55. The van der Waals surface area contributed by atoms with Crippen molar-refractivity contribution in [2.75, 3.05) is 5.32 Å².